The smallest absolute Gasteiger partial charge is 0.0202 e. The first-order valence-electron chi connectivity index (χ1n) is 6.47. The van der Waals surface area contributed by atoms with E-state index in [9.17, 15) is 0 Å². The van der Waals surface area contributed by atoms with Gasteiger partial charge in [-0.2, -0.15) is 0 Å². The second-order valence-corrected chi connectivity index (χ2v) is 5.74. The van der Waals surface area contributed by atoms with E-state index in [1.165, 1.54) is 48.7 Å². The maximum absolute atomic E-state index is 3.17. The quantitative estimate of drug-likeness (QED) is 0.781. The molecule has 0 aromatic heterocycles. The molecule has 0 amide bonds. The van der Waals surface area contributed by atoms with Gasteiger partial charge in [0.25, 0.3) is 0 Å². The average Bonchev–Trinajstić information content (AvgIpc) is 2.85. The van der Waals surface area contributed by atoms with Gasteiger partial charge >= 0.3 is 0 Å². The van der Waals surface area contributed by atoms with Crippen LogP contribution in [0.1, 0.15) is 18.4 Å². The summed E-state index contributed by atoms with van der Waals surface area (Å²) in [4.78, 5) is 3.96. The van der Waals surface area contributed by atoms with Gasteiger partial charge in [-0.15, -0.1) is 11.8 Å². The van der Waals surface area contributed by atoms with Crippen LogP contribution >= 0.6 is 11.8 Å². The zero-order chi connectivity index (χ0) is 11.9. The van der Waals surface area contributed by atoms with Crippen molar-refractivity contribution in [2.75, 3.05) is 32.4 Å². The zero-order valence-corrected chi connectivity index (χ0v) is 11.4. The molecule has 0 atom stereocenters. The number of nitrogens with zero attached hydrogens (tertiary/aromatic N) is 1. The Hall–Kier alpha value is -0.510. The standard InChI is InChI=1S/C14H22N2S/c1-15-12-13-4-6-14(7-5-13)17-11-10-16-8-2-3-9-16/h4-7,15H,2-3,8-12H2,1H3. The summed E-state index contributed by atoms with van der Waals surface area (Å²) in [5, 5.41) is 3.17. The number of nitrogens with one attached hydrogen (secondary N) is 1. The zero-order valence-electron chi connectivity index (χ0n) is 10.6. The van der Waals surface area contributed by atoms with Gasteiger partial charge in [-0.25, -0.2) is 0 Å². The van der Waals surface area contributed by atoms with Crippen LogP contribution < -0.4 is 5.32 Å². The highest BCUT2D eigenvalue weighted by Crippen LogP contribution is 2.19. The summed E-state index contributed by atoms with van der Waals surface area (Å²) in [6.07, 6.45) is 2.78. The lowest BCUT2D eigenvalue weighted by molar-refractivity contribution is 0.362. The van der Waals surface area contributed by atoms with Gasteiger partial charge in [0, 0.05) is 23.7 Å². The Labute approximate surface area is 109 Å². The molecule has 0 aliphatic carbocycles. The number of thioether (sulfide) groups is 1. The highest BCUT2D eigenvalue weighted by atomic mass is 32.2. The molecule has 1 aromatic carbocycles. The van der Waals surface area contributed by atoms with Crippen molar-refractivity contribution in [3.05, 3.63) is 29.8 Å². The van der Waals surface area contributed by atoms with Crippen LogP contribution in [0.4, 0.5) is 0 Å². The van der Waals surface area contributed by atoms with Gasteiger partial charge in [0.1, 0.15) is 0 Å². The van der Waals surface area contributed by atoms with E-state index in [2.05, 4.69) is 34.5 Å². The molecule has 1 saturated heterocycles. The number of benzene rings is 1. The molecular formula is C14H22N2S. The third-order valence-corrected chi connectivity index (χ3v) is 4.17. The van der Waals surface area contributed by atoms with Crippen LogP contribution in [0.25, 0.3) is 0 Å². The van der Waals surface area contributed by atoms with E-state index in [1.54, 1.807) is 0 Å². The second kappa shape index (κ2) is 7.04. The van der Waals surface area contributed by atoms with Crippen molar-refractivity contribution in [1.29, 1.82) is 0 Å². The monoisotopic (exact) mass is 250 g/mol. The molecule has 2 nitrogen and oxygen atoms in total. The van der Waals surface area contributed by atoms with Crippen molar-refractivity contribution in [2.45, 2.75) is 24.3 Å². The summed E-state index contributed by atoms with van der Waals surface area (Å²) in [6, 6.07) is 8.91. The van der Waals surface area contributed by atoms with Crippen LogP contribution in [0.15, 0.2) is 29.2 Å². The molecule has 1 aliphatic heterocycles. The van der Waals surface area contributed by atoms with Gasteiger partial charge in [0.15, 0.2) is 0 Å². The maximum Gasteiger partial charge on any atom is 0.0202 e. The lowest BCUT2D eigenvalue weighted by atomic mass is 10.2. The Morgan fingerprint density at radius 2 is 1.88 bits per heavy atom. The number of hydrogen-bond acceptors (Lipinski definition) is 3. The molecular weight excluding hydrogens is 228 g/mol. The van der Waals surface area contributed by atoms with E-state index >= 15 is 0 Å². The minimum Gasteiger partial charge on any atom is -0.316 e. The summed E-state index contributed by atoms with van der Waals surface area (Å²) in [5.74, 6) is 1.21. The summed E-state index contributed by atoms with van der Waals surface area (Å²) < 4.78 is 0. The van der Waals surface area contributed by atoms with Gasteiger partial charge in [-0.1, -0.05) is 12.1 Å². The van der Waals surface area contributed by atoms with E-state index in [0.717, 1.165) is 6.54 Å². The van der Waals surface area contributed by atoms with E-state index < -0.39 is 0 Å². The van der Waals surface area contributed by atoms with Crippen LogP contribution in [0.2, 0.25) is 0 Å². The Morgan fingerprint density at radius 1 is 1.18 bits per heavy atom. The van der Waals surface area contributed by atoms with Crippen LogP contribution in [0, 0.1) is 0 Å². The molecule has 0 saturated carbocycles. The molecule has 0 radical (unpaired) electrons. The lowest BCUT2D eigenvalue weighted by Gasteiger charge is -2.13. The van der Waals surface area contributed by atoms with Gasteiger partial charge in [0.05, 0.1) is 0 Å². The van der Waals surface area contributed by atoms with Gasteiger partial charge in [0.2, 0.25) is 0 Å². The Kier molecular flexibility index (Phi) is 5.36. The molecule has 1 fully saturated rings. The number of likely N-dealkylation sites (tertiary alicyclic amines) is 1. The highest BCUT2D eigenvalue weighted by molar-refractivity contribution is 7.99. The molecule has 1 aromatic rings. The third-order valence-electron chi connectivity index (χ3n) is 3.18. The summed E-state index contributed by atoms with van der Waals surface area (Å²) in [7, 11) is 1.98. The summed E-state index contributed by atoms with van der Waals surface area (Å²) in [5.41, 5.74) is 1.36. The fraction of sp³-hybridized carbons (Fsp3) is 0.571. The van der Waals surface area contributed by atoms with E-state index in [-0.39, 0.29) is 0 Å². The number of rotatable bonds is 6. The SMILES string of the molecule is CNCc1ccc(SCCN2CCCC2)cc1. The van der Waals surface area contributed by atoms with Gasteiger partial charge in [-0.05, 0) is 50.7 Å². The first-order valence-corrected chi connectivity index (χ1v) is 7.46. The van der Waals surface area contributed by atoms with Crippen LogP contribution in [-0.4, -0.2) is 37.3 Å². The van der Waals surface area contributed by atoms with E-state index in [4.69, 9.17) is 0 Å². The molecule has 1 aliphatic rings. The first kappa shape index (κ1) is 12.9. The van der Waals surface area contributed by atoms with Crippen molar-refractivity contribution >= 4 is 11.8 Å². The molecule has 0 spiro atoms. The maximum atomic E-state index is 3.17. The normalized spacial score (nSPS) is 16.5. The molecule has 0 unspecified atom stereocenters. The van der Waals surface area contributed by atoms with E-state index in [0.29, 0.717) is 0 Å². The summed E-state index contributed by atoms with van der Waals surface area (Å²) >= 11 is 1.97. The third kappa shape index (κ3) is 4.34. The molecule has 94 valence electrons. The molecule has 3 heteroatoms. The fourth-order valence-electron chi connectivity index (χ4n) is 2.21. The van der Waals surface area contributed by atoms with Gasteiger partial charge in [-0.3, -0.25) is 0 Å². The lowest BCUT2D eigenvalue weighted by Crippen LogP contribution is -2.21. The first-order chi connectivity index (χ1) is 8.38. The largest absolute Gasteiger partial charge is 0.316 e. The average molecular weight is 250 g/mol. The Bertz CT molecular complexity index is 317. The molecule has 2 rings (SSSR count). The van der Waals surface area contributed by atoms with Crippen LogP contribution in [-0.2, 0) is 6.54 Å². The van der Waals surface area contributed by atoms with Crippen molar-refractivity contribution in [1.82, 2.24) is 10.2 Å². The topological polar surface area (TPSA) is 15.3 Å². The predicted octanol–water partition coefficient (Wildman–Crippen LogP) is 2.59. The minimum absolute atomic E-state index is 0.957. The van der Waals surface area contributed by atoms with Crippen molar-refractivity contribution in [2.24, 2.45) is 0 Å². The number of hydrogen-bond donors (Lipinski definition) is 1. The molecule has 1 N–H and O–H groups in total. The summed E-state index contributed by atoms with van der Waals surface area (Å²) in [6.45, 7) is 4.81. The van der Waals surface area contributed by atoms with Crippen molar-refractivity contribution in [3.8, 4) is 0 Å². The predicted molar refractivity (Wildman–Crippen MR) is 75.6 cm³/mol. The Morgan fingerprint density at radius 3 is 2.53 bits per heavy atom. The van der Waals surface area contributed by atoms with Crippen molar-refractivity contribution in [3.63, 3.8) is 0 Å². The van der Waals surface area contributed by atoms with E-state index in [1.807, 2.05) is 18.8 Å². The molecule has 1 heterocycles. The van der Waals surface area contributed by atoms with Crippen LogP contribution in [0.3, 0.4) is 0 Å². The minimum atomic E-state index is 0.957. The van der Waals surface area contributed by atoms with Gasteiger partial charge < -0.3 is 10.2 Å². The van der Waals surface area contributed by atoms with Crippen molar-refractivity contribution < 1.29 is 0 Å². The van der Waals surface area contributed by atoms with Crippen LogP contribution in [0.5, 0.6) is 0 Å². The molecule has 17 heavy (non-hydrogen) atoms. The molecule has 0 bridgehead atoms. The second-order valence-electron chi connectivity index (χ2n) is 4.57. The fourth-order valence-corrected chi connectivity index (χ4v) is 3.12. The highest BCUT2D eigenvalue weighted by Gasteiger charge is 2.10. The Balaban J connectivity index is 1.70.